The van der Waals surface area contributed by atoms with Gasteiger partial charge in [0, 0.05) is 18.6 Å². The van der Waals surface area contributed by atoms with Crippen LogP contribution in [0.3, 0.4) is 0 Å². The number of carbonyl (C=O) groups excluding carboxylic acids is 1. The van der Waals surface area contributed by atoms with Gasteiger partial charge >= 0.3 is 0 Å². The second kappa shape index (κ2) is 11.2. The molecule has 11 heteroatoms. The van der Waals surface area contributed by atoms with Crippen molar-refractivity contribution in [3.63, 3.8) is 0 Å². The summed E-state index contributed by atoms with van der Waals surface area (Å²) in [5, 5.41) is 4.39. The van der Waals surface area contributed by atoms with E-state index in [1.165, 1.54) is 36.5 Å². The highest BCUT2D eigenvalue weighted by Crippen LogP contribution is 2.30. The Balaban J connectivity index is 1.82. The molecular formula is C23H21BrCl2N4O3S. The van der Waals surface area contributed by atoms with Crippen LogP contribution in [0.5, 0.6) is 0 Å². The third-order valence-corrected chi connectivity index (χ3v) is 7.83. The van der Waals surface area contributed by atoms with Gasteiger partial charge in [-0.2, -0.15) is 5.10 Å². The maximum absolute atomic E-state index is 13.3. The number of rotatable bonds is 8. The molecule has 0 aromatic heterocycles. The lowest BCUT2D eigenvalue weighted by molar-refractivity contribution is -0.119. The summed E-state index contributed by atoms with van der Waals surface area (Å²) in [6.07, 6.45) is 1.47. The minimum absolute atomic E-state index is 0.0307. The molecule has 0 aliphatic carbocycles. The highest BCUT2D eigenvalue weighted by Gasteiger charge is 2.27. The predicted octanol–water partition coefficient (Wildman–Crippen LogP) is 5.17. The molecule has 0 aliphatic heterocycles. The average molecular weight is 584 g/mol. The Hall–Kier alpha value is -2.59. The number of hydrogen-bond donors (Lipinski definition) is 1. The van der Waals surface area contributed by atoms with Gasteiger partial charge in [0.1, 0.15) is 6.54 Å². The molecule has 0 aliphatic rings. The highest BCUT2D eigenvalue weighted by atomic mass is 79.9. The third-order valence-electron chi connectivity index (χ3n) is 4.67. The van der Waals surface area contributed by atoms with Crippen LogP contribution in [0.15, 0.2) is 81.2 Å². The Morgan fingerprint density at radius 3 is 2.35 bits per heavy atom. The monoisotopic (exact) mass is 582 g/mol. The Bertz CT molecular complexity index is 1320. The topological polar surface area (TPSA) is 82.1 Å². The van der Waals surface area contributed by atoms with E-state index in [2.05, 4.69) is 26.5 Å². The molecule has 1 N–H and O–H groups in total. The first-order valence-corrected chi connectivity index (χ1v) is 12.9. The Kier molecular flexibility index (Phi) is 8.59. The van der Waals surface area contributed by atoms with Crippen LogP contribution in [0, 0.1) is 0 Å². The molecule has 0 radical (unpaired) electrons. The van der Waals surface area contributed by atoms with Gasteiger partial charge < -0.3 is 4.90 Å². The predicted molar refractivity (Wildman–Crippen MR) is 142 cm³/mol. The van der Waals surface area contributed by atoms with Crippen LogP contribution in [0.4, 0.5) is 11.4 Å². The molecule has 0 saturated heterocycles. The molecule has 3 aromatic rings. The first-order chi connectivity index (χ1) is 16.1. The van der Waals surface area contributed by atoms with E-state index in [4.69, 9.17) is 23.2 Å². The van der Waals surface area contributed by atoms with Gasteiger partial charge in [0.05, 0.1) is 32.5 Å². The van der Waals surface area contributed by atoms with E-state index in [1.54, 1.807) is 18.2 Å². The first kappa shape index (κ1) is 26.0. The zero-order chi connectivity index (χ0) is 24.9. The van der Waals surface area contributed by atoms with E-state index >= 15 is 0 Å². The van der Waals surface area contributed by atoms with Crippen LogP contribution in [-0.4, -0.2) is 41.2 Å². The van der Waals surface area contributed by atoms with E-state index in [0.29, 0.717) is 0 Å². The zero-order valence-corrected chi connectivity index (χ0v) is 22.2. The van der Waals surface area contributed by atoms with E-state index in [1.807, 2.05) is 37.2 Å². The van der Waals surface area contributed by atoms with E-state index in [-0.39, 0.29) is 20.6 Å². The molecule has 0 atom stereocenters. The Morgan fingerprint density at radius 1 is 1.03 bits per heavy atom. The van der Waals surface area contributed by atoms with E-state index in [0.717, 1.165) is 20.0 Å². The second-order valence-electron chi connectivity index (χ2n) is 7.32. The van der Waals surface area contributed by atoms with Gasteiger partial charge in [-0.05, 0) is 64.0 Å². The number of amides is 1. The summed E-state index contributed by atoms with van der Waals surface area (Å²) < 4.78 is 28.4. The number of anilines is 2. The summed E-state index contributed by atoms with van der Waals surface area (Å²) in [7, 11) is -0.211. The SMILES string of the molecule is CN(C)c1ccc(/C=N\NC(=O)CN(c2ccc(Cl)c(Cl)c2)S(=O)(=O)c2ccccc2)cc1Br. The summed E-state index contributed by atoms with van der Waals surface area (Å²) >= 11 is 15.6. The smallest absolute Gasteiger partial charge is 0.264 e. The molecule has 0 bridgehead atoms. The molecule has 0 heterocycles. The number of halogens is 3. The fourth-order valence-corrected chi connectivity index (χ4v) is 5.46. The normalized spacial score (nSPS) is 11.4. The van der Waals surface area contributed by atoms with Crippen molar-refractivity contribution in [2.75, 3.05) is 29.8 Å². The molecule has 1 amide bonds. The number of carbonyl (C=O) groups is 1. The standard InChI is InChI=1S/C23H21BrCl2N4O3S/c1-29(2)22-11-8-16(12-19(22)24)14-27-28-23(31)15-30(17-9-10-20(25)21(26)13-17)34(32,33)18-6-4-3-5-7-18/h3-14H,15H2,1-2H3,(H,28,31)/b27-14-. The van der Waals surface area contributed by atoms with Crippen LogP contribution in [0.25, 0.3) is 0 Å². The minimum atomic E-state index is -4.07. The molecule has 0 spiro atoms. The van der Waals surface area contributed by atoms with Gasteiger partial charge in [-0.25, -0.2) is 13.8 Å². The Morgan fingerprint density at radius 2 is 1.74 bits per heavy atom. The zero-order valence-electron chi connectivity index (χ0n) is 18.2. The lowest BCUT2D eigenvalue weighted by Gasteiger charge is -2.24. The largest absolute Gasteiger partial charge is 0.377 e. The second-order valence-corrected chi connectivity index (χ2v) is 10.9. The molecule has 178 valence electrons. The van der Waals surface area contributed by atoms with Gasteiger partial charge in [-0.15, -0.1) is 0 Å². The number of sulfonamides is 1. The van der Waals surface area contributed by atoms with Crippen LogP contribution in [0.1, 0.15) is 5.56 Å². The fraction of sp³-hybridized carbons (Fsp3) is 0.130. The summed E-state index contributed by atoms with van der Waals surface area (Å²) in [6.45, 7) is -0.518. The van der Waals surface area contributed by atoms with Crippen LogP contribution in [0.2, 0.25) is 10.0 Å². The lowest BCUT2D eigenvalue weighted by atomic mass is 10.2. The molecule has 7 nitrogen and oxygen atoms in total. The summed E-state index contributed by atoms with van der Waals surface area (Å²) in [5.41, 5.74) is 4.31. The third kappa shape index (κ3) is 6.29. The van der Waals surface area contributed by atoms with Crippen LogP contribution >= 0.6 is 39.1 Å². The molecule has 0 saturated carbocycles. The van der Waals surface area contributed by atoms with Gasteiger partial charge in [0.2, 0.25) is 0 Å². The quantitative estimate of drug-likeness (QED) is 0.293. The molecule has 0 fully saturated rings. The van der Waals surface area contributed by atoms with Crippen LogP contribution < -0.4 is 14.6 Å². The Labute approximate surface area is 217 Å². The number of benzene rings is 3. The van der Waals surface area contributed by atoms with Crippen molar-refractivity contribution in [3.05, 3.63) is 86.8 Å². The molecule has 3 aromatic carbocycles. The van der Waals surface area contributed by atoms with Gasteiger partial charge in [-0.1, -0.05) is 47.5 Å². The van der Waals surface area contributed by atoms with Crippen molar-refractivity contribution in [1.82, 2.24) is 5.43 Å². The highest BCUT2D eigenvalue weighted by molar-refractivity contribution is 9.10. The van der Waals surface area contributed by atoms with E-state index < -0.39 is 22.5 Å². The van der Waals surface area contributed by atoms with Crippen molar-refractivity contribution in [1.29, 1.82) is 0 Å². The molecular weight excluding hydrogens is 563 g/mol. The van der Waals surface area contributed by atoms with E-state index in [9.17, 15) is 13.2 Å². The van der Waals surface area contributed by atoms with Crippen molar-refractivity contribution >= 4 is 72.7 Å². The number of hydrogen-bond acceptors (Lipinski definition) is 5. The van der Waals surface area contributed by atoms with Crippen molar-refractivity contribution in [2.24, 2.45) is 5.10 Å². The van der Waals surface area contributed by atoms with Crippen molar-refractivity contribution in [3.8, 4) is 0 Å². The maximum Gasteiger partial charge on any atom is 0.264 e. The maximum atomic E-state index is 13.3. The lowest BCUT2D eigenvalue weighted by Crippen LogP contribution is -2.39. The van der Waals surface area contributed by atoms with Crippen molar-refractivity contribution in [2.45, 2.75) is 4.90 Å². The minimum Gasteiger partial charge on any atom is -0.377 e. The summed E-state index contributed by atoms with van der Waals surface area (Å²) in [5.74, 6) is -0.634. The average Bonchev–Trinajstić information content (AvgIpc) is 2.79. The summed E-state index contributed by atoms with van der Waals surface area (Å²) in [4.78, 5) is 14.6. The number of hydrazone groups is 1. The van der Waals surface area contributed by atoms with Crippen LogP contribution in [-0.2, 0) is 14.8 Å². The van der Waals surface area contributed by atoms with Gasteiger partial charge in [-0.3, -0.25) is 9.10 Å². The summed E-state index contributed by atoms with van der Waals surface area (Å²) in [6, 6.07) is 17.8. The fourth-order valence-electron chi connectivity index (χ4n) is 2.99. The molecule has 0 unspecified atom stereocenters. The molecule has 34 heavy (non-hydrogen) atoms. The number of nitrogens with one attached hydrogen (secondary N) is 1. The van der Waals surface area contributed by atoms with Crippen molar-refractivity contribution < 1.29 is 13.2 Å². The molecule has 3 rings (SSSR count). The number of nitrogens with zero attached hydrogens (tertiary/aromatic N) is 3. The van der Waals surface area contributed by atoms with Gasteiger partial charge in [0.25, 0.3) is 15.9 Å². The van der Waals surface area contributed by atoms with Gasteiger partial charge in [0.15, 0.2) is 0 Å². The first-order valence-electron chi connectivity index (χ1n) is 9.91.